The van der Waals surface area contributed by atoms with Crippen molar-refractivity contribution in [2.45, 2.75) is 17.7 Å². The molecule has 0 spiro atoms. The summed E-state index contributed by atoms with van der Waals surface area (Å²) in [6, 6.07) is 5.32. The Balaban J connectivity index is 1.67. The predicted octanol–water partition coefficient (Wildman–Crippen LogP) is 1.23. The normalized spacial score (nSPS) is 15.9. The monoisotopic (exact) mass is 425 g/mol. The number of amides is 1. The number of hydrogen-bond acceptors (Lipinski definition) is 7. The van der Waals surface area contributed by atoms with Gasteiger partial charge in [0.25, 0.3) is 16.1 Å². The number of aryl methyl sites for hydroxylation is 1. The maximum absolute atomic E-state index is 13.0. The first kappa shape index (κ1) is 20.8. The highest BCUT2D eigenvalue weighted by atomic mass is 32.2. The summed E-state index contributed by atoms with van der Waals surface area (Å²) in [5.41, 5.74) is 1.30. The maximum Gasteiger partial charge on any atom is 0.281 e. The SMILES string of the molecule is Cc1cc(CSc2ncccc2C(=O)N2CCN(S(=O)(=O)N(C)C)CC2)no1. The molecule has 1 aliphatic heterocycles. The molecule has 0 unspecified atom stereocenters. The number of thioether (sulfide) groups is 1. The van der Waals surface area contributed by atoms with Crippen LogP contribution in [0.25, 0.3) is 0 Å². The standard InChI is InChI=1S/C17H23N5O4S2/c1-13-11-14(19-26-13)12-27-16-15(5-4-6-18-16)17(23)21-7-9-22(10-8-21)28(24,25)20(2)3/h4-6,11H,7-10,12H2,1-3H3. The minimum absolute atomic E-state index is 0.145. The number of piperazine rings is 1. The fourth-order valence-corrected chi connectivity index (χ4v) is 4.77. The molecule has 0 atom stereocenters. The van der Waals surface area contributed by atoms with Crippen molar-refractivity contribution in [2.75, 3.05) is 40.3 Å². The molecule has 2 aromatic heterocycles. The van der Waals surface area contributed by atoms with E-state index in [0.717, 1.165) is 11.5 Å². The Hall–Kier alpha value is -1.95. The van der Waals surface area contributed by atoms with Gasteiger partial charge in [0.2, 0.25) is 0 Å². The molecule has 152 valence electrons. The Morgan fingerprint density at radius 3 is 2.61 bits per heavy atom. The summed E-state index contributed by atoms with van der Waals surface area (Å²) in [6.45, 7) is 3.05. The molecule has 9 nitrogen and oxygen atoms in total. The van der Waals surface area contributed by atoms with Gasteiger partial charge in [-0.3, -0.25) is 4.79 Å². The number of pyridine rings is 1. The topological polar surface area (TPSA) is 99.9 Å². The zero-order chi connectivity index (χ0) is 20.3. The molecule has 11 heteroatoms. The highest BCUT2D eigenvalue weighted by Gasteiger charge is 2.31. The summed E-state index contributed by atoms with van der Waals surface area (Å²) in [6.07, 6.45) is 1.65. The molecule has 1 saturated heterocycles. The van der Waals surface area contributed by atoms with Gasteiger partial charge >= 0.3 is 0 Å². The van der Waals surface area contributed by atoms with Crippen LogP contribution in [0, 0.1) is 6.92 Å². The first-order valence-electron chi connectivity index (χ1n) is 8.76. The van der Waals surface area contributed by atoms with E-state index in [1.165, 1.54) is 34.5 Å². The minimum atomic E-state index is -3.46. The van der Waals surface area contributed by atoms with E-state index >= 15 is 0 Å². The van der Waals surface area contributed by atoms with Crippen LogP contribution in [0.5, 0.6) is 0 Å². The largest absolute Gasteiger partial charge is 0.361 e. The Labute approximate surface area is 168 Å². The molecule has 1 amide bonds. The Morgan fingerprint density at radius 1 is 1.29 bits per heavy atom. The van der Waals surface area contributed by atoms with Gasteiger partial charge in [0.1, 0.15) is 10.8 Å². The molecule has 0 saturated carbocycles. The van der Waals surface area contributed by atoms with Crippen molar-refractivity contribution in [1.82, 2.24) is 23.7 Å². The summed E-state index contributed by atoms with van der Waals surface area (Å²) in [5.74, 6) is 1.14. The van der Waals surface area contributed by atoms with Crippen LogP contribution in [-0.4, -0.2) is 78.3 Å². The number of aromatic nitrogens is 2. The predicted molar refractivity (Wildman–Crippen MR) is 105 cm³/mol. The van der Waals surface area contributed by atoms with Crippen molar-refractivity contribution in [2.24, 2.45) is 0 Å². The zero-order valence-corrected chi connectivity index (χ0v) is 17.7. The van der Waals surface area contributed by atoms with Crippen molar-refractivity contribution < 1.29 is 17.7 Å². The van der Waals surface area contributed by atoms with Crippen LogP contribution in [0.15, 0.2) is 33.9 Å². The van der Waals surface area contributed by atoms with Gasteiger partial charge in [-0.25, -0.2) is 4.98 Å². The molecule has 1 fully saturated rings. The minimum Gasteiger partial charge on any atom is -0.361 e. The lowest BCUT2D eigenvalue weighted by Gasteiger charge is -2.35. The number of hydrogen-bond donors (Lipinski definition) is 0. The van der Waals surface area contributed by atoms with Crippen molar-refractivity contribution in [3.8, 4) is 0 Å². The van der Waals surface area contributed by atoms with Gasteiger partial charge in [0.15, 0.2) is 0 Å². The lowest BCUT2D eigenvalue weighted by molar-refractivity contribution is 0.0691. The number of rotatable bonds is 6. The Morgan fingerprint density at radius 2 is 2.00 bits per heavy atom. The molecule has 3 rings (SSSR count). The van der Waals surface area contributed by atoms with Crippen LogP contribution >= 0.6 is 11.8 Å². The van der Waals surface area contributed by atoms with Crippen LogP contribution in [0.2, 0.25) is 0 Å². The molecule has 28 heavy (non-hydrogen) atoms. The van der Waals surface area contributed by atoms with Crippen LogP contribution in [0.1, 0.15) is 21.8 Å². The fourth-order valence-electron chi connectivity index (χ4n) is 2.82. The second-order valence-corrected chi connectivity index (χ2v) is 9.66. The smallest absolute Gasteiger partial charge is 0.281 e. The number of carbonyl (C=O) groups excluding carboxylic acids is 1. The summed E-state index contributed by atoms with van der Waals surface area (Å²) in [5, 5.41) is 4.58. The van der Waals surface area contributed by atoms with Crippen LogP contribution in [-0.2, 0) is 16.0 Å². The third kappa shape index (κ3) is 4.54. The van der Waals surface area contributed by atoms with E-state index in [9.17, 15) is 13.2 Å². The Bertz CT molecular complexity index is 937. The summed E-state index contributed by atoms with van der Waals surface area (Å²) in [7, 11) is -0.458. The second-order valence-electron chi connectivity index (χ2n) is 6.56. The summed E-state index contributed by atoms with van der Waals surface area (Å²) >= 11 is 1.42. The molecular formula is C17H23N5O4S2. The van der Waals surface area contributed by atoms with Crippen LogP contribution in [0.4, 0.5) is 0 Å². The van der Waals surface area contributed by atoms with E-state index in [1.54, 1.807) is 23.2 Å². The molecule has 3 heterocycles. The van der Waals surface area contributed by atoms with E-state index < -0.39 is 10.2 Å². The summed E-state index contributed by atoms with van der Waals surface area (Å²) < 4.78 is 32.1. The third-order valence-corrected chi connectivity index (χ3v) is 7.33. The van der Waals surface area contributed by atoms with Crippen molar-refractivity contribution in [1.29, 1.82) is 0 Å². The second kappa shape index (κ2) is 8.60. The fraction of sp³-hybridized carbons (Fsp3) is 0.471. The van der Waals surface area contributed by atoms with Crippen LogP contribution < -0.4 is 0 Å². The van der Waals surface area contributed by atoms with Gasteiger partial charge in [0.05, 0.1) is 11.3 Å². The summed E-state index contributed by atoms with van der Waals surface area (Å²) in [4.78, 5) is 19.0. The van der Waals surface area contributed by atoms with Gasteiger partial charge in [-0.05, 0) is 19.1 Å². The third-order valence-electron chi connectivity index (χ3n) is 4.35. The first-order valence-corrected chi connectivity index (χ1v) is 11.1. The van der Waals surface area contributed by atoms with Gasteiger partial charge < -0.3 is 9.42 Å². The number of carbonyl (C=O) groups is 1. The Kier molecular flexibility index (Phi) is 6.38. The molecule has 0 radical (unpaired) electrons. The lowest BCUT2D eigenvalue weighted by atomic mass is 10.2. The first-order chi connectivity index (χ1) is 13.3. The average molecular weight is 426 g/mol. The molecule has 2 aromatic rings. The molecule has 0 N–H and O–H groups in total. The van der Waals surface area contributed by atoms with E-state index in [1.807, 2.05) is 13.0 Å². The molecule has 0 bridgehead atoms. The highest BCUT2D eigenvalue weighted by molar-refractivity contribution is 7.98. The van der Waals surface area contributed by atoms with Gasteiger partial charge in [-0.1, -0.05) is 16.9 Å². The quantitative estimate of drug-likeness (QED) is 0.642. The van der Waals surface area contributed by atoms with Crippen LogP contribution in [0.3, 0.4) is 0 Å². The van der Waals surface area contributed by atoms with Crippen molar-refractivity contribution in [3.05, 3.63) is 41.4 Å². The molecular weight excluding hydrogens is 402 g/mol. The number of nitrogens with zero attached hydrogens (tertiary/aromatic N) is 5. The zero-order valence-electron chi connectivity index (χ0n) is 16.0. The van der Waals surface area contributed by atoms with Gasteiger partial charge in [-0.15, -0.1) is 0 Å². The average Bonchev–Trinajstić information content (AvgIpc) is 3.11. The lowest BCUT2D eigenvalue weighted by Crippen LogP contribution is -2.53. The van der Waals surface area contributed by atoms with Gasteiger partial charge in [-0.2, -0.15) is 17.0 Å². The highest BCUT2D eigenvalue weighted by Crippen LogP contribution is 2.25. The van der Waals surface area contributed by atoms with Crippen molar-refractivity contribution in [3.63, 3.8) is 0 Å². The maximum atomic E-state index is 13.0. The van der Waals surface area contributed by atoms with Gasteiger partial charge in [0, 0.05) is 58.3 Å². The molecule has 0 aliphatic carbocycles. The van der Waals surface area contributed by atoms with E-state index in [2.05, 4.69) is 10.1 Å². The molecule has 0 aromatic carbocycles. The van der Waals surface area contributed by atoms with E-state index in [0.29, 0.717) is 29.4 Å². The molecule has 1 aliphatic rings. The van der Waals surface area contributed by atoms with E-state index in [4.69, 9.17) is 4.52 Å². The van der Waals surface area contributed by atoms with E-state index in [-0.39, 0.29) is 19.0 Å². The van der Waals surface area contributed by atoms with Crippen molar-refractivity contribution >= 4 is 27.9 Å².